The van der Waals surface area contributed by atoms with Gasteiger partial charge in [-0.2, -0.15) is 0 Å². The van der Waals surface area contributed by atoms with Crippen LogP contribution in [0.5, 0.6) is 11.5 Å². The van der Waals surface area contributed by atoms with E-state index in [4.69, 9.17) is 14.2 Å². The van der Waals surface area contributed by atoms with Gasteiger partial charge >= 0.3 is 5.97 Å². The summed E-state index contributed by atoms with van der Waals surface area (Å²) in [5, 5.41) is 0. The summed E-state index contributed by atoms with van der Waals surface area (Å²) in [7, 11) is 1.69. The van der Waals surface area contributed by atoms with Crippen LogP contribution in [0.1, 0.15) is 59.5 Å². The van der Waals surface area contributed by atoms with Crippen molar-refractivity contribution in [2.45, 2.75) is 32.5 Å². The molecule has 3 aromatic rings. The number of carbonyl (C=O) groups excluding carboxylic acids is 1. The van der Waals surface area contributed by atoms with Gasteiger partial charge in [-0.25, -0.2) is 4.79 Å². The van der Waals surface area contributed by atoms with Gasteiger partial charge in [-0.05, 0) is 56.7 Å². The molecule has 2 atom stereocenters. The Morgan fingerprint density at radius 1 is 0.938 bits per heavy atom. The molecule has 0 aromatic heterocycles. The number of rotatable bonds is 5. The van der Waals surface area contributed by atoms with Crippen LogP contribution in [0.25, 0.3) is 0 Å². The van der Waals surface area contributed by atoms with E-state index < -0.39 is 5.60 Å². The van der Waals surface area contributed by atoms with Gasteiger partial charge in [0.05, 0.1) is 11.7 Å². The van der Waals surface area contributed by atoms with Crippen LogP contribution in [0.3, 0.4) is 0 Å². The van der Waals surface area contributed by atoms with Gasteiger partial charge in [0.2, 0.25) is 0 Å². The fraction of sp³-hybridized carbons (Fsp3) is 0.296. The zero-order valence-electron chi connectivity index (χ0n) is 18.8. The number of methoxy groups -OCH3 is 1. The lowest BCUT2D eigenvalue weighted by Gasteiger charge is -2.37. The van der Waals surface area contributed by atoms with Crippen LogP contribution in [0.4, 0.5) is 5.69 Å². The van der Waals surface area contributed by atoms with E-state index in [1.165, 1.54) is 0 Å². The van der Waals surface area contributed by atoms with Crippen molar-refractivity contribution in [3.05, 3.63) is 88.5 Å². The Balaban J connectivity index is 1.79. The second kappa shape index (κ2) is 7.68. The zero-order chi connectivity index (χ0) is 22.5. The molecule has 2 heterocycles. The first-order chi connectivity index (χ1) is 15.5. The SMILES string of the molecule is CCN(CC)c1ccc2c(c1)Oc1ccc(C(C)OC)cc1C21OC(=O)c2ccccc21. The standard InChI is InChI=1S/C27H27NO4/c1-5-28(6-2)19-12-13-22-25(16-19)31-24-14-11-18(17(3)30-4)15-23(24)27(22)21-10-8-7-9-20(21)26(29)32-27/h7-17H,5-6H2,1-4H3. The first kappa shape index (κ1) is 20.6. The number of hydrogen-bond acceptors (Lipinski definition) is 5. The molecule has 0 saturated heterocycles. The van der Waals surface area contributed by atoms with Gasteiger partial charge in [0.15, 0.2) is 5.60 Å². The predicted molar refractivity (Wildman–Crippen MR) is 124 cm³/mol. The molecule has 3 aromatic carbocycles. The van der Waals surface area contributed by atoms with Crippen LogP contribution in [0, 0.1) is 0 Å². The van der Waals surface area contributed by atoms with Crippen molar-refractivity contribution in [2.75, 3.05) is 25.1 Å². The summed E-state index contributed by atoms with van der Waals surface area (Å²) >= 11 is 0. The molecule has 0 amide bonds. The largest absolute Gasteiger partial charge is 0.456 e. The highest BCUT2D eigenvalue weighted by atomic mass is 16.6. The molecule has 1 spiro atoms. The van der Waals surface area contributed by atoms with Crippen LogP contribution in [-0.4, -0.2) is 26.2 Å². The fourth-order valence-electron chi connectivity index (χ4n) is 4.85. The molecule has 0 N–H and O–H groups in total. The van der Waals surface area contributed by atoms with Gasteiger partial charge in [-0.15, -0.1) is 0 Å². The number of fused-ring (bicyclic) bond motifs is 6. The highest BCUT2D eigenvalue weighted by Crippen LogP contribution is 2.56. The molecule has 5 rings (SSSR count). The van der Waals surface area contributed by atoms with Crippen molar-refractivity contribution < 1.29 is 19.0 Å². The van der Waals surface area contributed by atoms with E-state index in [2.05, 4.69) is 24.8 Å². The third-order valence-electron chi connectivity index (χ3n) is 6.67. The monoisotopic (exact) mass is 429 g/mol. The minimum absolute atomic E-state index is 0.101. The Kier molecular flexibility index (Phi) is 4.94. The molecule has 5 nitrogen and oxygen atoms in total. The second-order valence-electron chi connectivity index (χ2n) is 8.20. The van der Waals surface area contributed by atoms with E-state index in [-0.39, 0.29) is 12.1 Å². The summed E-state index contributed by atoms with van der Waals surface area (Å²) in [6.07, 6.45) is -0.101. The Labute approximate surface area is 188 Å². The topological polar surface area (TPSA) is 48.0 Å². The van der Waals surface area contributed by atoms with E-state index in [0.717, 1.165) is 41.0 Å². The van der Waals surface area contributed by atoms with E-state index in [1.54, 1.807) is 7.11 Å². The van der Waals surface area contributed by atoms with Gasteiger partial charge in [-0.3, -0.25) is 0 Å². The smallest absolute Gasteiger partial charge is 0.340 e. The van der Waals surface area contributed by atoms with Gasteiger partial charge in [0.25, 0.3) is 0 Å². The van der Waals surface area contributed by atoms with Crippen molar-refractivity contribution in [1.82, 2.24) is 0 Å². The molecule has 32 heavy (non-hydrogen) atoms. The average Bonchev–Trinajstić information content (AvgIpc) is 3.12. The lowest BCUT2D eigenvalue weighted by molar-refractivity contribution is 0.0223. The maximum atomic E-state index is 13.0. The summed E-state index contributed by atoms with van der Waals surface area (Å²) in [6.45, 7) is 8.05. The molecule has 2 aliphatic rings. The molecule has 2 unspecified atom stereocenters. The van der Waals surface area contributed by atoms with Crippen molar-refractivity contribution in [3.63, 3.8) is 0 Å². The summed E-state index contributed by atoms with van der Waals surface area (Å²) in [6, 6.07) is 19.8. The zero-order valence-corrected chi connectivity index (χ0v) is 18.8. The highest BCUT2D eigenvalue weighted by molar-refractivity contribution is 5.97. The lowest BCUT2D eigenvalue weighted by atomic mass is 9.77. The molecule has 0 saturated carbocycles. The number of ether oxygens (including phenoxy) is 3. The number of nitrogens with zero attached hydrogens (tertiary/aromatic N) is 1. The summed E-state index contributed by atoms with van der Waals surface area (Å²) < 4.78 is 18.2. The third-order valence-corrected chi connectivity index (χ3v) is 6.67. The van der Waals surface area contributed by atoms with Crippen LogP contribution in [-0.2, 0) is 15.1 Å². The van der Waals surface area contributed by atoms with Crippen molar-refractivity contribution in [3.8, 4) is 11.5 Å². The number of carbonyl (C=O) groups is 1. The normalized spacial score (nSPS) is 18.9. The Bertz CT molecular complexity index is 1200. The molecule has 164 valence electrons. The quantitative estimate of drug-likeness (QED) is 0.479. The van der Waals surface area contributed by atoms with Gasteiger partial charge in [0.1, 0.15) is 11.5 Å². The number of hydrogen-bond donors (Lipinski definition) is 0. The summed E-state index contributed by atoms with van der Waals surface area (Å²) in [4.78, 5) is 15.3. The highest BCUT2D eigenvalue weighted by Gasteiger charge is 2.53. The average molecular weight is 430 g/mol. The molecule has 5 heteroatoms. The maximum Gasteiger partial charge on any atom is 0.340 e. The lowest BCUT2D eigenvalue weighted by Crippen LogP contribution is -2.33. The van der Waals surface area contributed by atoms with Crippen LogP contribution in [0.15, 0.2) is 60.7 Å². The predicted octanol–water partition coefficient (Wildman–Crippen LogP) is 5.81. The molecule has 0 bridgehead atoms. The third kappa shape index (κ3) is 2.84. The van der Waals surface area contributed by atoms with Crippen molar-refractivity contribution in [2.24, 2.45) is 0 Å². The molecular weight excluding hydrogens is 402 g/mol. The van der Waals surface area contributed by atoms with E-state index in [9.17, 15) is 4.79 Å². The molecule has 2 aliphatic heterocycles. The molecule has 0 aliphatic carbocycles. The first-order valence-electron chi connectivity index (χ1n) is 11.1. The molecular formula is C27H27NO4. The van der Waals surface area contributed by atoms with Crippen molar-refractivity contribution >= 4 is 11.7 Å². The van der Waals surface area contributed by atoms with Crippen molar-refractivity contribution in [1.29, 1.82) is 0 Å². The number of benzene rings is 3. The van der Waals surface area contributed by atoms with Gasteiger partial charge < -0.3 is 19.1 Å². The summed E-state index contributed by atoms with van der Waals surface area (Å²) in [5.74, 6) is 1.07. The molecule has 0 fully saturated rings. The Hall–Kier alpha value is -3.31. The van der Waals surface area contributed by atoms with E-state index >= 15 is 0 Å². The first-order valence-corrected chi connectivity index (χ1v) is 11.1. The number of anilines is 1. The Morgan fingerprint density at radius 3 is 2.47 bits per heavy atom. The van der Waals surface area contributed by atoms with E-state index in [1.807, 2.05) is 61.5 Å². The summed E-state index contributed by atoms with van der Waals surface area (Å²) in [5.41, 5.74) is 4.11. The van der Waals surface area contributed by atoms with Crippen LogP contribution >= 0.6 is 0 Å². The maximum absolute atomic E-state index is 13.0. The number of esters is 1. The minimum Gasteiger partial charge on any atom is -0.456 e. The van der Waals surface area contributed by atoms with Crippen LogP contribution < -0.4 is 9.64 Å². The Morgan fingerprint density at radius 2 is 1.72 bits per heavy atom. The molecule has 0 radical (unpaired) electrons. The van der Waals surface area contributed by atoms with E-state index in [0.29, 0.717) is 17.1 Å². The fourth-order valence-corrected chi connectivity index (χ4v) is 4.85. The van der Waals surface area contributed by atoms with Gasteiger partial charge in [0, 0.05) is 48.6 Å². The minimum atomic E-state index is -1.05. The van der Waals surface area contributed by atoms with Gasteiger partial charge in [-0.1, -0.05) is 24.3 Å². The second-order valence-corrected chi connectivity index (χ2v) is 8.20. The van der Waals surface area contributed by atoms with Crippen LogP contribution in [0.2, 0.25) is 0 Å².